The van der Waals surface area contributed by atoms with Crippen molar-refractivity contribution in [3.05, 3.63) is 47.9 Å². The molecule has 2 heterocycles. The lowest BCUT2D eigenvalue weighted by molar-refractivity contribution is 0.0948. The maximum Gasteiger partial charge on any atom is 0.271 e. The lowest BCUT2D eigenvalue weighted by Crippen LogP contribution is -2.27. The zero-order valence-corrected chi connectivity index (χ0v) is 10.2. The van der Waals surface area contributed by atoms with Gasteiger partial charge in [0.15, 0.2) is 11.5 Å². The minimum absolute atomic E-state index is 0.255. The third-order valence-electron chi connectivity index (χ3n) is 2.47. The monoisotopic (exact) mass is 258 g/mol. The van der Waals surface area contributed by atoms with E-state index in [1.165, 1.54) is 0 Å². The van der Waals surface area contributed by atoms with Crippen LogP contribution in [0.2, 0.25) is 0 Å². The number of carbonyl (C=O) groups excluding carboxylic acids is 1. The number of nitrogens with one attached hydrogen (secondary N) is 2. The molecular formula is C12H14N6O. The van der Waals surface area contributed by atoms with Gasteiger partial charge in [0, 0.05) is 18.9 Å². The summed E-state index contributed by atoms with van der Waals surface area (Å²) in [5, 5.41) is 10.2. The number of nitrogens with zero attached hydrogens (tertiary/aromatic N) is 3. The zero-order chi connectivity index (χ0) is 13.5. The van der Waals surface area contributed by atoms with Crippen LogP contribution in [0.1, 0.15) is 16.1 Å². The fourth-order valence-corrected chi connectivity index (χ4v) is 1.49. The molecule has 0 aromatic carbocycles. The summed E-state index contributed by atoms with van der Waals surface area (Å²) in [6.07, 6.45) is 4.20. The molecule has 2 aromatic heterocycles. The number of hydrogen-bond donors (Lipinski definition) is 3. The Balaban J connectivity index is 1.84. The predicted octanol–water partition coefficient (Wildman–Crippen LogP) is 0.130. The lowest BCUT2D eigenvalue weighted by Gasteiger charge is -2.04. The number of pyridine rings is 1. The molecule has 0 spiro atoms. The van der Waals surface area contributed by atoms with Crippen LogP contribution in [0.3, 0.4) is 0 Å². The molecule has 19 heavy (non-hydrogen) atoms. The average Bonchev–Trinajstić information content (AvgIpc) is 2.48. The highest BCUT2D eigenvalue weighted by molar-refractivity contribution is 5.92. The minimum Gasteiger partial charge on any atom is -0.350 e. The predicted molar refractivity (Wildman–Crippen MR) is 70.1 cm³/mol. The molecule has 98 valence electrons. The Labute approximate surface area is 110 Å². The number of hydrazine groups is 1. The molecule has 7 nitrogen and oxygen atoms in total. The highest BCUT2D eigenvalue weighted by atomic mass is 16.1. The van der Waals surface area contributed by atoms with Crippen molar-refractivity contribution >= 4 is 11.7 Å². The van der Waals surface area contributed by atoms with Gasteiger partial charge in [0.1, 0.15) is 0 Å². The van der Waals surface area contributed by atoms with Crippen molar-refractivity contribution in [1.82, 2.24) is 20.5 Å². The second-order valence-corrected chi connectivity index (χ2v) is 3.82. The summed E-state index contributed by atoms with van der Waals surface area (Å²) < 4.78 is 0. The van der Waals surface area contributed by atoms with Gasteiger partial charge in [-0.15, -0.1) is 10.2 Å². The van der Waals surface area contributed by atoms with Gasteiger partial charge in [-0.25, -0.2) is 5.84 Å². The van der Waals surface area contributed by atoms with E-state index in [2.05, 4.69) is 25.9 Å². The van der Waals surface area contributed by atoms with Gasteiger partial charge >= 0.3 is 0 Å². The van der Waals surface area contributed by atoms with E-state index in [1.807, 2.05) is 12.1 Å². The number of nitrogens with two attached hydrogens (primary N) is 1. The van der Waals surface area contributed by atoms with E-state index in [1.54, 1.807) is 24.5 Å². The van der Waals surface area contributed by atoms with Crippen LogP contribution in [0, 0.1) is 0 Å². The average molecular weight is 258 g/mol. The van der Waals surface area contributed by atoms with Gasteiger partial charge in [-0.1, -0.05) is 6.07 Å². The van der Waals surface area contributed by atoms with Crippen molar-refractivity contribution in [3.8, 4) is 0 Å². The molecule has 2 rings (SSSR count). The number of nitrogen functional groups attached to an aromatic ring is 1. The van der Waals surface area contributed by atoms with E-state index < -0.39 is 0 Å². The van der Waals surface area contributed by atoms with E-state index in [-0.39, 0.29) is 11.6 Å². The normalized spacial score (nSPS) is 9.95. The first-order valence-electron chi connectivity index (χ1n) is 5.77. The van der Waals surface area contributed by atoms with E-state index in [0.717, 1.165) is 12.0 Å². The Kier molecular flexibility index (Phi) is 4.35. The molecule has 0 aliphatic heterocycles. The molecule has 7 heteroatoms. The number of aromatic nitrogens is 3. The van der Waals surface area contributed by atoms with Gasteiger partial charge in [0.2, 0.25) is 0 Å². The van der Waals surface area contributed by atoms with Crippen LogP contribution in [0.4, 0.5) is 5.82 Å². The standard InChI is InChI=1S/C12H14N6O/c13-16-11-4-3-10(17-18-11)12(19)15-7-5-9-2-1-6-14-8-9/h1-4,6,8H,5,7,13H2,(H,15,19)(H,16,18). The molecule has 0 bridgehead atoms. The number of amides is 1. The Hall–Kier alpha value is -2.54. The second kappa shape index (κ2) is 6.41. The van der Waals surface area contributed by atoms with Crippen molar-refractivity contribution in [2.45, 2.75) is 6.42 Å². The first-order chi connectivity index (χ1) is 9.29. The van der Waals surface area contributed by atoms with Crippen LogP contribution < -0.4 is 16.6 Å². The van der Waals surface area contributed by atoms with Crippen LogP contribution in [0.25, 0.3) is 0 Å². The summed E-state index contributed by atoms with van der Waals surface area (Å²) in [5.41, 5.74) is 3.67. The molecule has 0 saturated carbocycles. The number of carbonyl (C=O) groups is 1. The third kappa shape index (κ3) is 3.71. The van der Waals surface area contributed by atoms with Crippen molar-refractivity contribution in [2.24, 2.45) is 5.84 Å². The number of rotatable bonds is 5. The summed E-state index contributed by atoms with van der Waals surface area (Å²) in [4.78, 5) is 15.8. The highest BCUT2D eigenvalue weighted by Gasteiger charge is 2.07. The summed E-state index contributed by atoms with van der Waals surface area (Å²) in [7, 11) is 0. The largest absolute Gasteiger partial charge is 0.350 e. The molecule has 0 fully saturated rings. The molecule has 0 saturated heterocycles. The molecule has 0 radical (unpaired) electrons. The highest BCUT2D eigenvalue weighted by Crippen LogP contribution is 2.00. The van der Waals surface area contributed by atoms with Crippen molar-refractivity contribution in [1.29, 1.82) is 0 Å². The molecule has 0 aliphatic rings. The van der Waals surface area contributed by atoms with Gasteiger partial charge in [0.25, 0.3) is 5.91 Å². The van der Waals surface area contributed by atoms with Gasteiger partial charge < -0.3 is 10.7 Å². The van der Waals surface area contributed by atoms with Gasteiger partial charge in [-0.2, -0.15) is 0 Å². The smallest absolute Gasteiger partial charge is 0.271 e. The van der Waals surface area contributed by atoms with E-state index in [0.29, 0.717) is 12.4 Å². The minimum atomic E-state index is -0.264. The Morgan fingerprint density at radius 2 is 2.16 bits per heavy atom. The fourth-order valence-electron chi connectivity index (χ4n) is 1.49. The van der Waals surface area contributed by atoms with Crippen LogP contribution in [0.15, 0.2) is 36.7 Å². The summed E-state index contributed by atoms with van der Waals surface area (Å²) in [6.45, 7) is 0.517. The third-order valence-corrected chi connectivity index (χ3v) is 2.47. The van der Waals surface area contributed by atoms with E-state index >= 15 is 0 Å². The molecule has 4 N–H and O–H groups in total. The van der Waals surface area contributed by atoms with Crippen LogP contribution in [-0.4, -0.2) is 27.6 Å². The first kappa shape index (κ1) is 12.9. The maximum atomic E-state index is 11.8. The Bertz CT molecular complexity index is 528. The van der Waals surface area contributed by atoms with Crippen LogP contribution >= 0.6 is 0 Å². The van der Waals surface area contributed by atoms with E-state index in [4.69, 9.17) is 5.84 Å². The molecule has 0 unspecified atom stereocenters. The SMILES string of the molecule is NNc1ccc(C(=O)NCCc2cccnc2)nn1. The lowest BCUT2D eigenvalue weighted by atomic mass is 10.2. The number of anilines is 1. The molecular weight excluding hydrogens is 244 g/mol. The topological polar surface area (TPSA) is 106 Å². The number of hydrogen-bond acceptors (Lipinski definition) is 6. The Morgan fingerprint density at radius 1 is 1.26 bits per heavy atom. The maximum absolute atomic E-state index is 11.8. The van der Waals surface area contributed by atoms with Gasteiger partial charge in [-0.05, 0) is 30.2 Å². The fraction of sp³-hybridized carbons (Fsp3) is 0.167. The molecule has 2 aromatic rings. The summed E-state index contributed by atoms with van der Waals surface area (Å²) in [5.74, 6) is 5.31. The first-order valence-corrected chi connectivity index (χ1v) is 5.77. The molecule has 0 aliphatic carbocycles. The van der Waals surface area contributed by atoms with Crippen molar-refractivity contribution < 1.29 is 4.79 Å². The zero-order valence-electron chi connectivity index (χ0n) is 10.2. The molecule has 1 amide bonds. The molecule has 0 atom stereocenters. The van der Waals surface area contributed by atoms with E-state index in [9.17, 15) is 4.79 Å². The van der Waals surface area contributed by atoms with Gasteiger partial charge in [-0.3, -0.25) is 9.78 Å². The van der Waals surface area contributed by atoms with Crippen molar-refractivity contribution in [3.63, 3.8) is 0 Å². The quantitative estimate of drug-likeness (QED) is 0.520. The van der Waals surface area contributed by atoms with Crippen LogP contribution in [-0.2, 0) is 6.42 Å². The van der Waals surface area contributed by atoms with Crippen LogP contribution in [0.5, 0.6) is 0 Å². The summed E-state index contributed by atoms with van der Waals surface area (Å²) in [6, 6.07) is 6.96. The summed E-state index contributed by atoms with van der Waals surface area (Å²) >= 11 is 0. The van der Waals surface area contributed by atoms with Gasteiger partial charge in [0.05, 0.1) is 0 Å². The van der Waals surface area contributed by atoms with Crippen molar-refractivity contribution in [2.75, 3.05) is 12.0 Å². The Morgan fingerprint density at radius 3 is 2.79 bits per heavy atom. The second-order valence-electron chi connectivity index (χ2n) is 3.82.